The van der Waals surface area contributed by atoms with E-state index in [1.54, 1.807) is 60.8 Å². The molecule has 1 amide bonds. The summed E-state index contributed by atoms with van der Waals surface area (Å²) in [6.45, 7) is 1.88. The Bertz CT molecular complexity index is 993. The average Bonchev–Trinajstić information content (AvgIpc) is 2.65. The lowest BCUT2D eigenvalue weighted by atomic mass is 10.2. The molecule has 1 heterocycles. The molecule has 0 unspecified atom stereocenters. The molecule has 5 nitrogen and oxygen atoms in total. The number of pyridine rings is 1. The first-order valence-electron chi connectivity index (χ1n) is 7.86. The number of hydrogen-bond donors (Lipinski definition) is 2. The highest BCUT2D eigenvalue weighted by atomic mass is 35.5. The molecule has 0 fully saturated rings. The van der Waals surface area contributed by atoms with Gasteiger partial charge in [-0.15, -0.1) is 0 Å². The molecule has 0 aliphatic heterocycles. The van der Waals surface area contributed by atoms with Gasteiger partial charge in [-0.25, -0.2) is 4.98 Å². The molecule has 1 aromatic heterocycles. The quantitative estimate of drug-likeness (QED) is 0.691. The molecule has 0 saturated carbocycles. The first-order chi connectivity index (χ1) is 12.5. The number of rotatable bonds is 4. The highest BCUT2D eigenvalue weighted by Crippen LogP contribution is 2.21. The molecule has 0 spiro atoms. The predicted molar refractivity (Wildman–Crippen MR) is 103 cm³/mol. The summed E-state index contributed by atoms with van der Waals surface area (Å²) in [5, 5.41) is 15.4. The van der Waals surface area contributed by atoms with Gasteiger partial charge in [0.1, 0.15) is 5.82 Å². The number of halogens is 1. The van der Waals surface area contributed by atoms with E-state index in [9.17, 15) is 4.79 Å². The van der Waals surface area contributed by atoms with Crippen molar-refractivity contribution in [3.8, 4) is 6.07 Å². The lowest BCUT2D eigenvalue weighted by molar-refractivity contribution is 0.102. The van der Waals surface area contributed by atoms with Gasteiger partial charge >= 0.3 is 0 Å². The second-order valence-electron chi connectivity index (χ2n) is 5.66. The summed E-state index contributed by atoms with van der Waals surface area (Å²) in [4.78, 5) is 16.7. The van der Waals surface area contributed by atoms with Crippen molar-refractivity contribution in [3.63, 3.8) is 0 Å². The van der Waals surface area contributed by atoms with Crippen LogP contribution in [0.25, 0.3) is 0 Å². The highest BCUT2D eigenvalue weighted by Gasteiger charge is 2.09. The van der Waals surface area contributed by atoms with E-state index in [2.05, 4.69) is 21.7 Å². The van der Waals surface area contributed by atoms with Crippen molar-refractivity contribution in [2.24, 2.45) is 0 Å². The SMILES string of the molecule is Cc1cc(Cl)ccc1NC(=O)c1ccnc(Nc2ccc(C#N)cc2)c1. The summed E-state index contributed by atoms with van der Waals surface area (Å²) in [6, 6.07) is 17.7. The van der Waals surface area contributed by atoms with Crippen LogP contribution in [0.5, 0.6) is 0 Å². The van der Waals surface area contributed by atoms with Crippen LogP contribution in [0.2, 0.25) is 5.02 Å². The number of nitriles is 1. The number of nitrogens with zero attached hydrogens (tertiary/aromatic N) is 2. The summed E-state index contributed by atoms with van der Waals surface area (Å²) < 4.78 is 0. The van der Waals surface area contributed by atoms with Gasteiger partial charge in [0.05, 0.1) is 11.6 Å². The van der Waals surface area contributed by atoms with Gasteiger partial charge in [-0.2, -0.15) is 5.26 Å². The molecule has 3 rings (SSSR count). The number of hydrogen-bond acceptors (Lipinski definition) is 4. The molecule has 0 aliphatic carbocycles. The molecule has 0 atom stereocenters. The molecule has 2 aromatic carbocycles. The van der Waals surface area contributed by atoms with Gasteiger partial charge in [-0.1, -0.05) is 11.6 Å². The van der Waals surface area contributed by atoms with Crippen LogP contribution < -0.4 is 10.6 Å². The minimum Gasteiger partial charge on any atom is -0.340 e. The molecule has 26 heavy (non-hydrogen) atoms. The van der Waals surface area contributed by atoms with Crippen molar-refractivity contribution in [1.82, 2.24) is 4.98 Å². The van der Waals surface area contributed by atoms with Crippen LogP contribution in [0.15, 0.2) is 60.8 Å². The number of nitrogens with one attached hydrogen (secondary N) is 2. The number of benzene rings is 2. The molecule has 3 aromatic rings. The normalized spacial score (nSPS) is 10.0. The first kappa shape index (κ1) is 17.5. The van der Waals surface area contributed by atoms with Crippen molar-refractivity contribution < 1.29 is 4.79 Å². The lowest BCUT2D eigenvalue weighted by Crippen LogP contribution is -2.13. The third kappa shape index (κ3) is 4.18. The predicted octanol–water partition coefficient (Wildman–Crippen LogP) is 4.91. The Morgan fingerprint density at radius 1 is 1.12 bits per heavy atom. The fourth-order valence-corrected chi connectivity index (χ4v) is 2.60. The summed E-state index contributed by atoms with van der Waals surface area (Å²) in [6.07, 6.45) is 1.57. The summed E-state index contributed by atoms with van der Waals surface area (Å²) in [5.41, 5.74) is 3.43. The molecule has 128 valence electrons. The Hall–Kier alpha value is -3.36. The molecule has 2 N–H and O–H groups in total. The van der Waals surface area contributed by atoms with Crippen molar-refractivity contribution in [2.75, 3.05) is 10.6 Å². The minimum atomic E-state index is -0.235. The number of carbonyl (C=O) groups is 1. The van der Waals surface area contributed by atoms with Gasteiger partial charge in [0.15, 0.2) is 0 Å². The maximum absolute atomic E-state index is 12.5. The van der Waals surface area contributed by atoms with Crippen molar-refractivity contribution in [1.29, 1.82) is 5.26 Å². The van der Waals surface area contributed by atoms with Gasteiger partial charge < -0.3 is 10.6 Å². The van der Waals surface area contributed by atoms with Crippen molar-refractivity contribution in [3.05, 3.63) is 82.5 Å². The summed E-state index contributed by atoms with van der Waals surface area (Å²) in [5.74, 6) is 0.302. The van der Waals surface area contributed by atoms with E-state index in [-0.39, 0.29) is 5.91 Å². The largest absolute Gasteiger partial charge is 0.340 e. The molecular formula is C20H15ClN4O. The number of anilines is 3. The van der Waals surface area contributed by atoms with Crippen LogP contribution in [0.1, 0.15) is 21.5 Å². The van der Waals surface area contributed by atoms with E-state index < -0.39 is 0 Å². The van der Waals surface area contributed by atoms with Crippen molar-refractivity contribution in [2.45, 2.75) is 6.92 Å². The van der Waals surface area contributed by atoms with Crippen LogP contribution in [-0.2, 0) is 0 Å². The number of amides is 1. The smallest absolute Gasteiger partial charge is 0.255 e. The Kier molecular flexibility index (Phi) is 5.16. The van der Waals surface area contributed by atoms with E-state index in [4.69, 9.17) is 16.9 Å². The Morgan fingerprint density at radius 2 is 1.88 bits per heavy atom. The van der Waals surface area contributed by atoms with Crippen LogP contribution in [-0.4, -0.2) is 10.9 Å². The van der Waals surface area contributed by atoms with Gasteiger partial charge in [0.25, 0.3) is 5.91 Å². The van der Waals surface area contributed by atoms with Crippen LogP contribution in [0.4, 0.5) is 17.2 Å². The van der Waals surface area contributed by atoms with E-state index in [1.807, 2.05) is 6.92 Å². The maximum Gasteiger partial charge on any atom is 0.255 e. The zero-order valence-corrected chi connectivity index (χ0v) is 14.7. The van der Waals surface area contributed by atoms with Gasteiger partial charge in [-0.3, -0.25) is 4.79 Å². The standard InChI is InChI=1S/C20H15ClN4O/c1-13-10-16(21)4-7-18(13)25-20(26)15-8-9-23-19(11-15)24-17-5-2-14(12-22)3-6-17/h2-11H,1H3,(H,23,24)(H,25,26). The molecule has 0 bridgehead atoms. The Labute approximate surface area is 156 Å². The molecule has 6 heteroatoms. The average molecular weight is 363 g/mol. The summed E-state index contributed by atoms with van der Waals surface area (Å²) >= 11 is 5.94. The Morgan fingerprint density at radius 3 is 2.58 bits per heavy atom. The van der Waals surface area contributed by atoms with Gasteiger partial charge in [0.2, 0.25) is 0 Å². The zero-order valence-electron chi connectivity index (χ0n) is 14.0. The minimum absolute atomic E-state index is 0.235. The highest BCUT2D eigenvalue weighted by molar-refractivity contribution is 6.30. The topological polar surface area (TPSA) is 77.8 Å². The number of aryl methyl sites for hydroxylation is 1. The van der Waals surface area contributed by atoms with Crippen molar-refractivity contribution >= 4 is 34.7 Å². The second kappa shape index (κ2) is 7.68. The fraction of sp³-hybridized carbons (Fsp3) is 0.0500. The molecule has 0 saturated heterocycles. The number of aromatic nitrogens is 1. The first-order valence-corrected chi connectivity index (χ1v) is 8.24. The van der Waals surface area contributed by atoms with Crippen LogP contribution in [0, 0.1) is 18.3 Å². The van der Waals surface area contributed by atoms with E-state index >= 15 is 0 Å². The van der Waals surface area contributed by atoms with E-state index in [0.29, 0.717) is 27.7 Å². The molecular weight excluding hydrogens is 348 g/mol. The zero-order chi connectivity index (χ0) is 18.5. The van der Waals surface area contributed by atoms with Gasteiger partial charge in [0, 0.05) is 28.2 Å². The monoisotopic (exact) mass is 362 g/mol. The van der Waals surface area contributed by atoms with Gasteiger partial charge in [-0.05, 0) is 67.1 Å². The Balaban J connectivity index is 1.75. The van der Waals surface area contributed by atoms with Crippen LogP contribution in [0.3, 0.4) is 0 Å². The van der Waals surface area contributed by atoms with Crippen LogP contribution >= 0.6 is 11.6 Å². The number of carbonyl (C=O) groups excluding carboxylic acids is 1. The molecule has 0 radical (unpaired) electrons. The van der Waals surface area contributed by atoms with E-state index in [1.165, 1.54) is 0 Å². The second-order valence-corrected chi connectivity index (χ2v) is 6.09. The maximum atomic E-state index is 12.5. The van der Waals surface area contributed by atoms with E-state index in [0.717, 1.165) is 11.3 Å². The third-order valence-corrected chi connectivity index (χ3v) is 3.98. The third-order valence-electron chi connectivity index (χ3n) is 3.75. The summed E-state index contributed by atoms with van der Waals surface area (Å²) in [7, 11) is 0. The lowest BCUT2D eigenvalue weighted by Gasteiger charge is -2.10. The molecule has 0 aliphatic rings. The fourth-order valence-electron chi connectivity index (χ4n) is 2.38.